The lowest BCUT2D eigenvalue weighted by Gasteiger charge is -2.52. The molecule has 4 aliphatic rings. The lowest BCUT2D eigenvalue weighted by molar-refractivity contribution is -0.178. The zero-order valence-corrected chi connectivity index (χ0v) is 9.40. The Morgan fingerprint density at radius 2 is 2.25 bits per heavy atom. The van der Waals surface area contributed by atoms with Gasteiger partial charge in [-0.05, 0) is 23.7 Å². The number of esters is 1. The zero-order valence-electron chi connectivity index (χ0n) is 9.40. The summed E-state index contributed by atoms with van der Waals surface area (Å²) in [7, 11) is 1.44. The smallest absolute Gasteiger partial charge is 0.313 e. The molecule has 0 heterocycles. The van der Waals surface area contributed by atoms with Crippen LogP contribution in [-0.2, 0) is 14.3 Å². The van der Waals surface area contributed by atoms with E-state index in [1.807, 2.05) is 12.2 Å². The maximum atomic E-state index is 12.2. The Morgan fingerprint density at radius 1 is 1.50 bits per heavy atom. The van der Waals surface area contributed by atoms with Crippen LogP contribution in [0.5, 0.6) is 0 Å². The molecule has 3 heteroatoms. The van der Waals surface area contributed by atoms with Crippen LogP contribution in [0.2, 0.25) is 0 Å². The number of allylic oxidation sites excluding steroid dienone is 2. The van der Waals surface area contributed by atoms with Gasteiger partial charge in [0.1, 0.15) is 5.78 Å². The van der Waals surface area contributed by atoms with Gasteiger partial charge in [-0.3, -0.25) is 9.59 Å². The van der Waals surface area contributed by atoms with E-state index < -0.39 is 5.41 Å². The van der Waals surface area contributed by atoms with Crippen molar-refractivity contribution in [2.45, 2.75) is 13.3 Å². The minimum absolute atomic E-state index is 0.00433. The van der Waals surface area contributed by atoms with Crippen molar-refractivity contribution in [2.24, 2.45) is 34.5 Å². The fraction of sp³-hybridized carbons (Fsp3) is 0.692. The molecule has 0 radical (unpaired) electrons. The Hall–Kier alpha value is -1.12. The monoisotopic (exact) mass is 218 g/mol. The quantitative estimate of drug-likeness (QED) is 0.490. The first kappa shape index (κ1) is 8.97. The van der Waals surface area contributed by atoms with Gasteiger partial charge in [-0.25, -0.2) is 0 Å². The highest BCUT2D eigenvalue weighted by atomic mass is 16.5. The third kappa shape index (κ3) is 0.543. The van der Waals surface area contributed by atoms with Crippen LogP contribution >= 0.6 is 0 Å². The van der Waals surface area contributed by atoms with E-state index in [9.17, 15) is 9.59 Å². The number of Topliss-reactive ketones (excluding diaryl/α,β-unsaturated/α-hetero) is 1. The molecule has 0 aromatic carbocycles. The summed E-state index contributed by atoms with van der Waals surface area (Å²) in [5, 5.41) is 0. The third-order valence-electron chi connectivity index (χ3n) is 5.75. The van der Waals surface area contributed by atoms with Crippen molar-refractivity contribution in [1.29, 1.82) is 0 Å². The molecule has 0 amide bonds. The SMILES string of the molecule is COC(=O)C12C3C=CC(C3=O)C1C1CC12C. The summed E-state index contributed by atoms with van der Waals surface area (Å²) in [5.41, 5.74) is -0.451. The van der Waals surface area contributed by atoms with Gasteiger partial charge in [0.05, 0.1) is 18.4 Å². The van der Waals surface area contributed by atoms with Crippen LogP contribution in [-0.4, -0.2) is 18.9 Å². The maximum absolute atomic E-state index is 12.2. The highest BCUT2D eigenvalue weighted by molar-refractivity contribution is 6.02. The number of carbonyl (C=O) groups is 2. The summed E-state index contributed by atoms with van der Waals surface area (Å²) < 4.78 is 5.00. The molecule has 4 rings (SSSR count). The van der Waals surface area contributed by atoms with Gasteiger partial charge >= 0.3 is 5.97 Å². The predicted molar refractivity (Wildman–Crippen MR) is 55.3 cm³/mol. The first-order valence-electron chi connectivity index (χ1n) is 5.89. The van der Waals surface area contributed by atoms with E-state index >= 15 is 0 Å². The van der Waals surface area contributed by atoms with Gasteiger partial charge in [0, 0.05) is 5.92 Å². The molecule has 84 valence electrons. The second-order valence-electron chi connectivity index (χ2n) is 5.91. The lowest BCUT2D eigenvalue weighted by Crippen LogP contribution is -2.57. The van der Waals surface area contributed by atoms with Crippen molar-refractivity contribution in [2.75, 3.05) is 7.11 Å². The second-order valence-corrected chi connectivity index (χ2v) is 5.91. The molecule has 0 aromatic rings. The Labute approximate surface area is 93.8 Å². The summed E-state index contributed by atoms with van der Waals surface area (Å²) in [5.74, 6) is 0.731. The van der Waals surface area contributed by atoms with Crippen molar-refractivity contribution in [3.05, 3.63) is 12.2 Å². The second kappa shape index (κ2) is 2.13. The first-order valence-corrected chi connectivity index (χ1v) is 5.89. The van der Waals surface area contributed by atoms with Gasteiger partial charge in [0.15, 0.2) is 0 Å². The molecule has 6 atom stereocenters. The number of ether oxygens (including phenoxy) is 1. The number of methoxy groups -OCH3 is 1. The molecule has 16 heavy (non-hydrogen) atoms. The third-order valence-corrected chi connectivity index (χ3v) is 5.75. The molecule has 4 aliphatic carbocycles. The number of rotatable bonds is 1. The highest BCUT2D eigenvalue weighted by Crippen LogP contribution is 2.87. The van der Waals surface area contributed by atoms with Crippen molar-refractivity contribution in [3.8, 4) is 0 Å². The Bertz CT molecular complexity index is 466. The number of ketones is 1. The Kier molecular flexibility index (Phi) is 1.19. The average molecular weight is 218 g/mol. The van der Waals surface area contributed by atoms with Crippen LogP contribution in [0.15, 0.2) is 12.2 Å². The van der Waals surface area contributed by atoms with Crippen LogP contribution in [0.25, 0.3) is 0 Å². The number of hydrogen-bond donors (Lipinski definition) is 0. The largest absolute Gasteiger partial charge is 0.469 e. The molecule has 0 aliphatic heterocycles. The van der Waals surface area contributed by atoms with E-state index in [1.54, 1.807) is 0 Å². The number of hydrogen-bond acceptors (Lipinski definition) is 3. The van der Waals surface area contributed by atoms with E-state index in [2.05, 4.69) is 6.92 Å². The summed E-state index contributed by atoms with van der Waals surface area (Å²) in [4.78, 5) is 24.3. The molecule has 0 saturated heterocycles. The summed E-state index contributed by atoms with van der Waals surface area (Å²) in [6.45, 7) is 2.15. The van der Waals surface area contributed by atoms with Gasteiger partial charge < -0.3 is 4.74 Å². The minimum Gasteiger partial charge on any atom is -0.469 e. The van der Waals surface area contributed by atoms with Crippen molar-refractivity contribution < 1.29 is 14.3 Å². The molecule has 6 unspecified atom stereocenters. The Balaban J connectivity index is 1.92. The maximum Gasteiger partial charge on any atom is 0.313 e. The lowest BCUT2D eigenvalue weighted by atomic mass is 9.49. The fourth-order valence-electron chi connectivity index (χ4n) is 5.06. The van der Waals surface area contributed by atoms with Crippen molar-refractivity contribution in [3.63, 3.8) is 0 Å². The van der Waals surface area contributed by atoms with E-state index in [-0.39, 0.29) is 34.9 Å². The van der Waals surface area contributed by atoms with Gasteiger partial charge in [-0.1, -0.05) is 19.1 Å². The summed E-state index contributed by atoms with van der Waals surface area (Å²) in [6, 6.07) is 0. The van der Waals surface area contributed by atoms with E-state index in [0.717, 1.165) is 6.42 Å². The molecular formula is C13H14O3. The van der Waals surface area contributed by atoms with Crippen LogP contribution in [0.4, 0.5) is 0 Å². The summed E-state index contributed by atoms with van der Waals surface area (Å²) in [6.07, 6.45) is 5.05. The van der Waals surface area contributed by atoms with Crippen molar-refractivity contribution >= 4 is 11.8 Å². The number of fused-ring (bicyclic) bond motifs is 8. The van der Waals surface area contributed by atoms with Gasteiger partial charge in [-0.15, -0.1) is 0 Å². The predicted octanol–water partition coefficient (Wildman–Crippen LogP) is 1.19. The topological polar surface area (TPSA) is 43.4 Å². The molecule has 3 saturated carbocycles. The Morgan fingerprint density at radius 3 is 2.94 bits per heavy atom. The zero-order chi connectivity index (χ0) is 11.3. The molecule has 2 bridgehead atoms. The van der Waals surface area contributed by atoms with E-state index in [0.29, 0.717) is 5.92 Å². The van der Waals surface area contributed by atoms with Crippen LogP contribution < -0.4 is 0 Å². The normalized spacial score (nSPS) is 59.0. The van der Waals surface area contributed by atoms with Gasteiger partial charge in [0.25, 0.3) is 0 Å². The summed E-state index contributed by atoms with van der Waals surface area (Å²) >= 11 is 0. The number of carbonyl (C=O) groups excluding carboxylic acids is 2. The molecule has 0 spiro atoms. The molecule has 0 N–H and O–H groups in total. The highest BCUT2D eigenvalue weighted by Gasteiger charge is 2.90. The average Bonchev–Trinajstić information content (AvgIpc) is 2.61. The van der Waals surface area contributed by atoms with E-state index in [4.69, 9.17) is 4.74 Å². The molecular weight excluding hydrogens is 204 g/mol. The van der Waals surface area contributed by atoms with Gasteiger partial charge in [0.2, 0.25) is 0 Å². The van der Waals surface area contributed by atoms with Crippen LogP contribution in [0, 0.1) is 34.5 Å². The van der Waals surface area contributed by atoms with Gasteiger partial charge in [-0.2, -0.15) is 0 Å². The molecule has 3 nitrogen and oxygen atoms in total. The van der Waals surface area contributed by atoms with Crippen molar-refractivity contribution in [1.82, 2.24) is 0 Å². The first-order chi connectivity index (χ1) is 7.59. The van der Waals surface area contributed by atoms with Crippen LogP contribution in [0.3, 0.4) is 0 Å². The van der Waals surface area contributed by atoms with Crippen LogP contribution in [0.1, 0.15) is 13.3 Å². The molecule has 0 aromatic heterocycles. The minimum atomic E-state index is -0.497. The fourth-order valence-corrected chi connectivity index (χ4v) is 5.06. The standard InChI is InChI=1S/C13H14O3/c1-12-5-8(12)9-6-3-4-7(10(6)14)13(9,12)11(15)16-2/h3-4,6-9H,5H2,1-2H3. The molecule has 3 fully saturated rings. The van der Waals surface area contributed by atoms with E-state index in [1.165, 1.54) is 7.11 Å².